The summed E-state index contributed by atoms with van der Waals surface area (Å²) in [6, 6.07) is 14.5. The number of allylic oxidation sites excluding steroid dienone is 6. The highest BCUT2D eigenvalue weighted by molar-refractivity contribution is 7.48. The molecule has 0 amide bonds. The van der Waals surface area contributed by atoms with Gasteiger partial charge in [-0.1, -0.05) is 61.7 Å². The smallest absolute Gasteiger partial charge is 0.400 e. The van der Waals surface area contributed by atoms with Crippen LogP contribution in [0, 0.1) is 0 Å². The number of benzene rings is 2. The zero-order valence-corrected chi connectivity index (χ0v) is 19.6. The summed E-state index contributed by atoms with van der Waals surface area (Å²) in [5.41, 5.74) is 1.79. The van der Waals surface area contributed by atoms with E-state index in [-0.39, 0.29) is 35.9 Å². The molecule has 7 heteroatoms. The van der Waals surface area contributed by atoms with Gasteiger partial charge in [-0.05, 0) is 50.1 Å². The van der Waals surface area contributed by atoms with Crippen LogP contribution in [0.15, 0.2) is 103 Å². The first kappa shape index (κ1) is 25.8. The maximum Gasteiger partial charge on any atom is 0.584 e. The third kappa shape index (κ3) is 7.86. The number of phosphoric acid groups is 1. The van der Waals surface area contributed by atoms with Gasteiger partial charge in [0.25, 0.3) is 0 Å². The summed E-state index contributed by atoms with van der Waals surface area (Å²) in [6.07, 6.45) is 5.51. The minimum Gasteiger partial charge on any atom is -0.400 e. The third-order valence-corrected chi connectivity index (χ3v) is 5.49. The number of hydrogen-bond acceptors (Lipinski definition) is 5. The van der Waals surface area contributed by atoms with E-state index in [1.165, 1.54) is 24.3 Å². The Morgan fingerprint density at radius 3 is 2.12 bits per heavy atom. The first-order valence-electron chi connectivity index (χ1n) is 10.3. The van der Waals surface area contributed by atoms with Gasteiger partial charge < -0.3 is 9.05 Å². The Balaban J connectivity index is 1.91. The third-order valence-electron chi connectivity index (χ3n) is 4.56. The van der Waals surface area contributed by atoms with Crippen molar-refractivity contribution in [2.24, 2.45) is 0 Å². The lowest BCUT2D eigenvalue weighted by molar-refractivity contribution is 0.102. The number of hydrogen-bond donors (Lipinski definition) is 1. The second kappa shape index (κ2) is 12.0. The van der Waals surface area contributed by atoms with Crippen molar-refractivity contribution < 1.29 is 28.1 Å². The largest absolute Gasteiger partial charge is 0.584 e. The number of carbonyl (C=O) groups excluding carboxylic acids is 2. The molecule has 0 aliphatic rings. The van der Waals surface area contributed by atoms with Gasteiger partial charge in [0.05, 0.1) is 0 Å². The monoisotopic (exact) mass is 466 g/mol. The molecule has 0 fully saturated rings. The van der Waals surface area contributed by atoms with Crippen molar-refractivity contribution in [1.29, 1.82) is 0 Å². The highest BCUT2D eigenvalue weighted by atomic mass is 31.2. The van der Waals surface area contributed by atoms with Crippen molar-refractivity contribution in [2.45, 2.75) is 26.7 Å². The number of phosphoric ester groups is 1. The van der Waals surface area contributed by atoms with E-state index in [1.807, 2.05) is 13.0 Å². The Bertz CT molecular complexity index is 1130. The topological polar surface area (TPSA) is 89.9 Å². The molecule has 2 aromatic carbocycles. The SMILES string of the molecule is C=C(CCC(=C)C(=O)c1ccccc1)OP(=O)(O)Oc1ccc(C(=O)C(/C=C\C)=C/C)cc1. The van der Waals surface area contributed by atoms with Gasteiger partial charge in [-0.3, -0.25) is 14.5 Å². The van der Waals surface area contributed by atoms with Crippen LogP contribution in [0.2, 0.25) is 0 Å². The van der Waals surface area contributed by atoms with E-state index in [9.17, 15) is 19.0 Å². The van der Waals surface area contributed by atoms with E-state index < -0.39 is 7.82 Å². The lowest BCUT2D eigenvalue weighted by Gasteiger charge is -2.16. The molecular weight excluding hydrogens is 439 g/mol. The molecule has 33 heavy (non-hydrogen) atoms. The van der Waals surface area contributed by atoms with Crippen LogP contribution in [-0.2, 0) is 9.09 Å². The summed E-state index contributed by atoms with van der Waals surface area (Å²) in [7, 11) is -4.51. The van der Waals surface area contributed by atoms with Gasteiger partial charge >= 0.3 is 7.82 Å². The van der Waals surface area contributed by atoms with Crippen LogP contribution < -0.4 is 4.52 Å². The van der Waals surface area contributed by atoms with Crippen LogP contribution in [0.3, 0.4) is 0 Å². The molecule has 2 rings (SSSR count). The maximum absolute atomic E-state index is 12.4. The highest BCUT2D eigenvalue weighted by Crippen LogP contribution is 2.46. The van der Waals surface area contributed by atoms with Gasteiger partial charge in [0.2, 0.25) is 0 Å². The van der Waals surface area contributed by atoms with Crippen LogP contribution in [0.1, 0.15) is 47.4 Å². The maximum atomic E-state index is 12.4. The predicted octanol–water partition coefficient (Wildman–Crippen LogP) is 6.62. The standard InChI is InChI=1S/C26H27O6P/c1-5-10-21(6-2)26(28)23-15-17-24(18-16-23)32-33(29,30)31-20(4)14-13-19(3)25(27)22-11-8-7-9-12-22/h5-12,15-18H,3-4,13-14H2,1-2H3,(H,29,30)/b10-5-,21-6+. The average Bonchev–Trinajstić information content (AvgIpc) is 2.80. The predicted molar refractivity (Wildman–Crippen MR) is 129 cm³/mol. The van der Waals surface area contributed by atoms with Crippen LogP contribution in [0.4, 0.5) is 0 Å². The Hall–Kier alpha value is -3.47. The molecular formula is C26H27O6P. The summed E-state index contributed by atoms with van der Waals surface area (Å²) in [5.74, 6) is -0.346. The number of ketones is 2. The fraction of sp³-hybridized carbons (Fsp3) is 0.154. The normalized spacial score (nSPS) is 13.2. The molecule has 1 N–H and O–H groups in total. The summed E-state index contributed by atoms with van der Waals surface area (Å²) in [4.78, 5) is 34.8. The average molecular weight is 466 g/mol. The van der Waals surface area contributed by atoms with Crippen LogP contribution in [0.5, 0.6) is 5.75 Å². The Kier molecular flexibility index (Phi) is 9.34. The zero-order chi connectivity index (χ0) is 24.4. The van der Waals surface area contributed by atoms with Crippen molar-refractivity contribution in [1.82, 2.24) is 0 Å². The van der Waals surface area contributed by atoms with Gasteiger partial charge in [0.15, 0.2) is 11.6 Å². The van der Waals surface area contributed by atoms with E-state index in [0.29, 0.717) is 22.3 Å². The number of carbonyl (C=O) groups is 2. The molecule has 0 saturated heterocycles. The molecule has 1 atom stereocenters. The Morgan fingerprint density at radius 2 is 1.55 bits per heavy atom. The summed E-state index contributed by atoms with van der Waals surface area (Å²) < 4.78 is 22.4. The first-order chi connectivity index (χ1) is 15.7. The van der Waals surface area contributed by atoms with Crippen molar-refractivity contribution in [2.75, 3.05) is 0 Å². The minimum absolute atomic E-state index is 0.0151. The van der Waals surface area contributed by atoms with Gasteiger partial charge in [-0.2, -0.15) is 0 Å². The molecule has 0 saturated carbocycles. The fourth-order valence-corrected chi connectivity index (χ4v) is 3.72. The molecule has 0 spiro atoms. The molecule has 6 nitrogen and oxygen atoms in total. The fourth-order valence-electron chi connectivity index (χ4n) is 2.87. The first-order valence-corrected chi connectivity index (χ1v) is 11.8. The quantitative estimate of drug-likeness (QED) is 0.124. The molecule has 0 aliphatic heterocycles. The summed E-state index contributed by atoms with van der Waals surface area (Å²) in [6.45, 7) is 11.0. The molecule has 2 aromatic rings. The van der Waals surface area contributed by atoms with Crippen molar-refractivity contribution in [3.63, 3.8) is 0 Å². The summed E-state index contributed by atoms with van der Waals surface area (Å²) in [5, 5.41) is 0. The summed E-state index contributed by atoms with van der Waals surface area (Å²) >= 11 is 0. The molecule has 0 aliphatic carbocycles. The molecule has 0 radical (unpaired) electrons. The molecule has 0 aromatic heterocycles. The second-order valence-electron chi connectivity index (χ2n) is 7.09. The lowest BCUT2D eigenvalue weighted by atomic mass is 10.0. The highest BCUT2D eigenvalue weighted by Gasteiger charge is 2.26. The van der Waals surface area contributed by atoms with Gasteiger partial charge in [0, 0.05) is 23.1 Å². The lowest BCUT2D eigenvalue weighted by Crippen LogP contribution is -2.04. The second-order valence-corrected chi connectivity index (χ2v) is 8.39. The van der Waals surface area contributed by atoms with Crippen molar-refractivity contribution in [3.05, 3.63) is 114 Å². The zero-order valence-electron chi connectivity index (χ0n) is 18.7. The molecule has 0 heterocycles. The Morgan fingerprint density at radius 1 is 0.939 bits per heavy atom. The van der Waals surface area contributed by atoms with Crippen LogP contribution in [0.25, 0.3) is 0 Å². The van der Waals surface area contributed by atoms with Crippen molar-refractivity contribution >= 4 is 19.4 Å². The number of Topliss-reactive ketones (excluding diaryl/α,β-unsaturated/α-hetero) is 2. The van der Waals surface area contributed by atoms with E-state index in [1.54, 1.807) is 49.4 Å². The van der Waals surface area contributed by atoms with Crippen LogP contribution in [-0.4, -0.2) is 16.5 Å². The van der Waals surface area contributed by atoms with Crippen molar-refractivity contribution in [3.8, 4) is 5.75 Å². The van der Waals surface area contributed by atoms with Crippen LogP contribution >= 0.6 is 7.82 Å². The molecule has 0 bridgehead atoms. The van der Waals surface area contributed by atoms with E-state index in [4.69, 9.17) is 9.05 Å². The Labute approximate surface area is 194 Å². The van der Waals surface area contributed by atoms with Gasteiger partial charge in [-0.25, -0.2) is 4.57 Å². The van der Waals surface area contributed by atoms with Gasteiger partial charge in [-0.15, -0.1) is 0 Å². The molecule has 172 valence electrons. The van der Waals surface area contributed by atoms with E-state index in [0.717, 1.165) is 0 Å². The van der Waals surface area contributed by atoms with Gasteiger partial charge in [0.1, 0.15) is 11.5 Å². The number of rotatable bonds is 12. The van der Waals surface area contributed by atoms with E-state index in [2.05, 4.69) is 13.2 Å². The minimum atomic E-state index is -4.51. The van der Waals surface area contributed by atoms with E-state index >= 15 is 0 Å². The molecule has 1 unspecified atom stereocenters.